The van der Waals surface area contributed by atoms with Crippen LogP contribution in [-0.4, -0.2) is 23.0 Å². The zero-order valence-electron chi connectivity index (χ0n) is 7.99. The summed E-state index contributed by atoms with van der Waals surface area (Å²) in [6.07, 6.45) is 2.00. The zero-order valence-corrected chi connectivity index (χ0v) is 7.99. The molecule has 4 aliphatic rings. The molecule has 4 nitrogen and oxygen atoms in total. The van der Waals surface area contributed by atoms with Gasteiger partial charge in [0.15, 0.2) is 0 Å². The van der Waals surface area contributed by atoms with Crippen LogP contribution in [0.5, 0.6) is 0 Å². The van der Waals surface area contributed by atoms with Gasteiger partial charge in [0.25, 0.3) is 0 Å². The summed E-state index contributed by atoms with van der Waals surface area (Å²) in [5.74, 6) is 0.314. The van der Waals surface area contributed by atoms with Crippen LogP contribution in [0.15, 0.2) is 0 Å². The Balaban J connectivity index is 1.92. The van der Waals surface area contributed by atoms with E-state index in [2.05, 4.69) is 5.32 Å². The minimum Gasteiger partial charge on any atom is -0.481 e. The predicted molar refractivity (Wildman–Crippen MR) is 47.4 cm³/mol. The molecule has 3 unspecified atom stereocenters. The third kappa shape index (κ3) is 0.645. The summed E-state index contributed by atoms with van der Waals surface area (Å²) in [6.45, 7) is 1.46. The molecule has 1 amide bonds. The molecule has 0 aromatic rings. The quantitative estimate of drug-likeness (QED) is 0.663. The highest BCUT2D eigenvalue weighted by Gasteiger charge is 2.83. The lowest BCUT2D eigenvalue weighted by atomic mass is 9.97. The average molecular weight is 195 g/mol. The third-order valence-corrected chi connectivity index (χ3v) is 4.43. The predicted octanol–water partition coefficient (Wildman–Crippen LogP) is 0.232. The lowest BCUT2D eigenvalue weighted by Gasteiger charge is -2.20. The lowest BCUT2D eigenvalue weighted by Crippen LogP contribution is -2.43. The van der Waals surface area contributed by atoms with Crippen LogP contribution < -0.4 is 5.32 Å². The fourth-order valence-electron chi connectivity index (χ4n) is 4.06. The van der Waals surface area contributed by atoms with E-state index in [1.54, 1.807) is 0 Å². The Kier molecular flexibility index (Phi) is 1.25. The minimum atomic E-state index is -0.703. The van der Waals surface area contributed by atoms with Gasteiger partial charge in [-0.15, -0.1) is 0 Å². The highest BCUT2D eigenvalue weighted by Crippen LogP contribution is 2.78. The molecule has 4 fully saturated rings. The second-order valence-electron chi connectivity index (χ2n) is 4.86. The van der Waals surface area contributed by atoms with Crippen molar-refractivity contribution in [3.63, 3.8) is 0 Å². The molecule has 0 saturated heterocycles. The maximum absolute atomic E-state index is 11.2. The van der Waals surface area contributed by atoms with Gasteiger partial charge in [-0.05, 0) is 30.6 Å². The van der Waals surface area contributed by atoms with Gasteiger partial charge in [0, 0.05) is 13.0 Å². The Labute approximate surface area is 81.7 Å². The molecule has 0 aliphatic heterocycles. The molecule has 0 aromatic heterocycles. The number of hydrogen-bond acceptors (Lipinski definition) is 2. The van der Waals surface area contributed by atoms with Gasteiger partial charge in [-0.3, -0.25) is 9.59 Å². The molecule has 2 N–H and O–H groups in total. The molecule has 0 aromatic carbocycles. The van der Waals surface area contributed by atoms with E-state index >= 15 is 0 Å². The highest BCUT2D eigenvalue weighted by atomic mass is 16.4. The van der Waals surface area contributed by atoms with E-state index in [-0.39, 0.29) is 11.9 Å². The first-order valence-electron chi connectivity index (χ1n) is 5.09. The molecule has 4 rings (SSSR count). The lowest BCUT2D eigenvalue weighted by molar-refractivity contribution is -0.144. The Morgan fingerprint density at radius 1 is 1.36 bits per heavy atom. The van der Waals surface area contributed by atoms with Crippen molar-refractivity contribution in [2.45, 2.75) is 25.8 Å². The van der Waals surface area contributed by atoms with Gasteiger partial charge in [-0.2, -0.15) is 0 Å². The van der Waals surface area contributed by atoms with Crippen molar-refractivity contribution < 1.29 is 14.7 Å². The molecule has 0 radical (unpaired) electrons. The summed E-state index contributed by atoms with van der Waals surface area (Å²) in [5.41, 5.74) is -0.573. The largest absolute Gasteiger partial charge is 0.481 e. The van der Waals surface area contributed by atoms with E-state index in [0.717, 1.165) is 12.8 Å². The summed E-state index contributed by atoms with van der Waals surface area (Å²) >= 11 is 0. The van der Waals surface area contributed by atoms with Crippen LogP contribution in [0.1, 0.15) is 19.8 Å². The molecule has 3 atom stereocenters. The molecule has 14 heavy (non-hydrogen) atoms. The maximum Gasteiger partial charge on any atom is 0.312 e. The van der Waals surface area contributed by atoms with Gasteiger partial charge in [0.05, 0.1) is 5.41 Å². The molecule has 76 valence electrons. The monoisotopic (exact) mass is 195 g/mol. The number of amides is 1. The Morgan fingerprint density at radius 2 is 1.93 bits per heavy atom. The molecule has 0 heterocycles. The second kappa shape index (κ2) is 2.12. The van der Waals surface area contributed by atoms with E-state index in [0.29, 0.717) is 17.8 Å². The molecular formula is C10H13NO3. The van der Waals surface area contributed by atoms with Crippen LogP contribution in [-0.2, 0) is 9.59 Å². The van der Waals surface area contributed by atoms with Crippen molar-refractivity contribution in [1.82, 2.24) is 5.32 Å². The number of carboxylic acid groups (broad SMARTS) is 1. The number of nitrogens with one attached hydrogen (secondary N) is 1. The van der Waals surface area contributed by atoms with E-state index in [1.165, 1.54) is 6.92 Å². The number of carbonyl (C=O) groups is 2. The number of carbonyl (C=O) groups excluding carboxylic acids is 1. The van der Waals surface area contributed by atoms with Crippen molar-refractivity contribution in [3.8, 4) is 0 Å². The first-order valence-corrected chi connectivity index (χ1v) is 5.09. The van der Waals surface area contributed by atoms with E-state index in [4.69, 9.17) is 0 Å². The molecule has 4 aliphatic carbocycles. The smallest absolute Gasteiger partial charge is 0.312 e. The second-order valence-corrected chi connectivity index (χ2v) is 4.86. The van der Waals surface area contributed by atoms with Crippen molar-refractivity contribution in [1.29, 1.82) is 0 Å². The minimum absolute atomic E-state index is 0.0903. The first-order chi connectivity index (χ1) is 6.58. The van der Waals surface area contributed by atoms with Crippen molar-refractivity contribution in [2.24, 2.45) is 23.2 Å². The average Bonchev–Trinajstić information content (AvgIpc) is 2.50. The fourth-order valence-corrected chi connectivity index (χ4v) is 4.06. The normalized spacial score (nSPS) is 51.8. The summed E-state index contributed by atoms with van der Waals surface area (Å²) in [6, 6.07) is -0.0903. The Bertz CT molecular complexity index is 326. The number of hydrogen-bond donors (Lipinski definition) is 2. The van der Waals surface area contributed by atoms with Crippen molar-refractivity contribution in [3.05, 3.63) is 0 Å². The Hall–Kier alpha value is -1.06. The first kappa shape index (κ1) is 8.26. The number of carboxylic acids is 1. The van der Waals surface area contributed by atoms with E-state index in [1.807, 2.05) is 0 Å². The van der Waals surface area contributed by atoms with E-state index in [9.17, 15) is 14.7 Å². The van der Waals surface area contributed by atoms with Crippen LogP contribution in [0.2, 0.25) is 0 Å². The SMILES string of the molecule is CC(=O)NC1C2CC3C(C2)C31C(=O)O. The van der Waals surface area contributed by atoms with Crippen LogP contribution in [0, 0.1) is 23.2 Å². The topological polar surface area (TPSA) is 66.4 Å². The van der Waals surface area contributed by atoms with Gasteiger partial charge in [-0.25, -0.2) is 0 Å². The van der Waals surface area contributed by atoms with Crippen LogP contribution in [0.4, 0.5) is 0 Å². The molecule has 4 saturated carbocycles. The van der Waals surface area contributed by atoms with Gasteiger partial charge >= 0.3 is 5.97 Å². The van der Waals surface area contributed by atoms with Crippen LogP contribution >= 0.6 is 0 Å². The van der Waals surface area contributed by atoms with Gasteiger partial charge in [-0.1, -0.05) is 0 Å². The number of aliphatic carboxylic acids is 1. The molecule has 0 spiro atoms. The summed E-state index contributed by atoms with van der Waals surface area (Å²) in [5, 5.41) is 12.1. The van der Waals surface area contributed by atoms with Crippen molar-refractivity contribution in [2.75, 3.05) is 0 Å². The number of rotatable bonds is 2. The molecule has 4 bridgehead atoms. The van der Waals surface area contributed by atoms with Crippen LogP contribution in [0.3, 0.4) is 0 Å². The molecular weight excluding hydrogens is 182 g/mol. The Morgan fingerprint density at radius 3 is 2.36 bits per heavy atom. The van der Waals surface area contributed by atoms with Crippen LogP contribution in [0.25, 0.3) is 0 Å². The fraction of sp³-hybridized carbons (Fsp3) is 0.800. The summed E-state index contributed by atoms with van der Waals surface area (Å²) < 4.78 is 0. The van der Waals surface area contributed by atoms with Gasteiger partial charge in [0.1, 0.15) is 0 Å². The van der Waals surface area contributed by atoms with E-state index < -0.39 is 11.4 Å². The molecule has 4 heteroatoms. The zero-order chi connectivity index (χ0) is 10.1. The van der Waals surface area contributed by atoms with Gasteiger partial charge < -0.3 is 10.4 Å². The highest BCUT2D eigenvalue weighted by molar-refractivity contribution is 5.84. The van der Waals surface area contributed by atoms with Crippen molar-refractivity contribution >= 4 is 11.9 Å². The van der Waals surface area contributed by atoms with Gasteiger partial charge in [0.2, 0.25) is 5.91 Å². The maximum atomic E-state index is 11.2. The summed E-state index contributed by atoms with van der Waals surface area (Å²) in [7, 11) is 0. The standard InChI is InChI=1S/C10H13NO3/c1-4(12)11-8-5-2-6-7(3-5)10(6,8)9(13)14/h5-8H,2-3H2,1H3,(H,11,12)(H,13,14). The third-order valence-electron chi connectivity index (χ3n) is 4.43. The summed E-state index contributed by atoms with van der Waals surface area (Å²) in [4.78, 5) is 22.2.